The lowest BCUT2D eigenvalue weighted by Gasteiger charge is -2.32. The van der Waals surface area contributed by atoms with E-state index in [1.54, 1.807) is 4.90 Å². The molecule has 1 amide bonds. The van der Waals surface area contributed by atoms with Crippen molar-refractivity contribution >= 4 is 17.8 Å². The lowest BCUT2D eigenvalue weighted by Crippen LogP contribution is -2.51. The molecule has 2 unspecified atom stereocenters. The molecule has 2 atom stereocenters. The SMILES string of the molecule is CN(C)CCOC1(OC(=O)C(=O)O)C(=O)N(CCc2ccccc2)CC1c1ccccc1. The molecule has 32 heavy (non-hydrogen) atoms. The number of likely N-dealkylation sites (tertiary alicyclic amines) is 1. The Bertz CT molecular complexity index is 934. The number of benzene rings is 2. The van der Waals surface area contributed by atoms with Gasteiger partial charge in [0.25, 0.3) is 5.91 Å². The molecule has 1 fully saturated rings. The van der Waals surface area contributed by atoms with Gasteiger partial charge in [-0.1, -0.05) is 60.7 Å². The zero-order valence-corrected chi connectivity index (χ0v) is 18.3. The maximum absolute atomic E-state index is 13.6. The number of aliphatic carboxylic acids is 1. The summed E-state index contributed by atoms with van der Waals surface area (Å²) in [7, 11) is 3.69. The summed E-state index contributed by atoms with van der Waals surface area (Å²) in [4.78, 5) is 40.4. The van der Waals surface area contributed by atoms with Gasteiger partial charge in [-0.3, -0.25) is 4.79 Å². The summed E-state index contributed by atoms with van der Waals surface area (Å²) in [6.07, 6.45) is 0.606. The number of hydrogen-bond donors (Lipinski definition) is 1. The fourth-order valence-corrected chi connectivity index (χ4v) is 3.77. The highest BCUT2D eigenvalue weighted by atomic mass is 16.7. The molecule has 1 saturated heterocycles. The van der Waals surface area contributed by atoms with Crippen molar-refractivity contribution in [3.63, 3.8) is 0 Å². The molecule has 1 heterocycles. The third-order valence-corrected chi connectivity index (χ3v) is 5.44. The van der Waals surface area contributed by atoms with E-state index in [9.17, 15) is 14.4 Å². The van der Waals surface area contributed by atoms with Gasteiger partial charge < -0.3 is 24.4 Å². The zero-order valence-electron chi connectivity index (χ0n) is 18.3. The van der Waals surface area contributed by atoms with Crippen molar-refractivity contribution in [1.29, 1.82) is 0 Å². The van der Waals surface area contributed by atoms with Gasteiger partial charge in [0.05, 0.1) is 12.5 Å². The number of ether oxygens (including phenoxy) is 2. The minimum absolute atomic E-state index is 0.0848. The van der Waals surface area contributed by atoms with Crippen LogP contribution in [0.2, 0.25) is 0 Å². The summed E-state index contributed by atoms with van der Waals surface area (Å²) in [6, 6.07) is 18.8. The summed E-state index contributed by atoms with van der Waals surface area (Å²) >= 11 is 0. The Hall–Kier alpha value is -3.23. The van der Waals surface area contributed by atoms with Crippen molar-refractivity contribution in [3.05, 3.63) is 71.8 Å². The van der Waals surface area contributed by atoms with E-state index in [1.165, 1.54) is 0 Å². The number of esters is 1. The molecule has 0 saturated carbocycles. The highest BCUT2D eigenvalue weighted by molar-refractivity contribution is 6.29. The predicted molar refractivity (Wildman–Crippen MR) is 117 cm³/mol. The van der Waals surface area contributed by atoms with E-state index in [-0.39, 0.29) is 13.2 Å². The molecule has 2 aromatic carbocycles. The molecule has 0 bridgehead atoms. The van der Waals surface area contributed by atoms with Gasteiger partial charge in [0.15, 0.2) is 0 Å². The van der Waals surface area contributed by atoms with E-state index in [0.29, 0.717) is 19.5 Å². The maximum Gasteiger partial charge on any atom is 0.420 e. The summed E-state index contributed by atoms with van der Waals surface area (Å²) in [5, 5.41) is 9.17. The van der Waals surface area contributed by atoms with Gasteiger partial charge in [0.2, 0.25) is 0 Å². The first kappa shape index (κ1) is 23.4. The van der Waals surface area contributed by atoms with Crippen molar-refractivity contribution in [1.82, 2.24) is 9.80 Å². The summed E-state index contributed by atoms with van der Waals surface area (Å²) in [5.41, 5.74) is 1.79. The van der Waals surface area contributed by atoms with E-state index >= 15 is 0 Å². The topological polar surface area (TPSA) is 96.4 Å². The van der Waals surface area contributed by atoms with Crippen LogP contribution >= 0.6 is 0 Å². The summed E-state index contributed by atoms with van der Waals surface area (Å²) in [6.45, 7) is 1.17. The summed E-state index contributed by atoms with van der Waals surface area (Å²) in [5.74, 6) is -6.55. The molecule has 0 radical (unpaired) electrons. The molecular weight excluding hydrogens is 412 g/mol. The minimum Gasteiger partial charge on any atom is -0.473 e. The second-order valence-electron chi connectivity index (χ2n) is 7.96. The monoisotopic (exact) mass is 440 g/mol. The molecule has 0 aromatic heterocycles. The van der Waals surface area contributed by atoms with Gasteiger partial charge in [0, 0.05) is 19.6 Å². The fraction of sp³-hybridized carbons (Fsp3) is 0.375. The number of carboxylic acid groups (broad SMARTS) is 1. The van der Waals surface area contributed by atoms with Gasteiger partial charge in [-0.15, -0.1) is 0 Å². The van der Waals surface area contributed by atoms with Crippen LogP contribution in [-0.2, 0) is 30.3 Å². The first-order valence-electron chi connectivity index (χ1n) is 10.5. The number of carboxylic acids is 1. The first-order chi connectivity index (χ1) is 15.3. The molecule has 0 aliphatic carbocycles. The van der Waals surface area contributed by atoms with Crippen LogP contribution in [0.1, 0.15) is 17.0 Å². The van der Waals surface area contributed by atoms with E-state index in [4.69, 9.17) is 14.6 Å². The number of likely N-dealkylation sites (N-methyl/N-ethyl adjacent to an activating group) is 1. The molecule has 1 aliphatic rings. The van der Waals surface area contributed by atoms with Gasteiger partial charge in [-0.2, -0.15) is 0 Å². The van der Waals surface area contributed by atoms with E-state index in [2.05, 4.69) is 0 Å². The van der Waals surface area contributed by atoms with E-state index in [0.717, 1.165) is 11.1 Å². The second kappa shape index (κ2) is 10.4. The molecule has 2 aromatic rings. The lowest BCUT2D eigenvalue weighted by atomic mass is 9.92. The van der Waals surface area contributed by atoms with Gasteiger partial charge in [0.1, 0.15) is 0 Å². The van der Waals surface area contributed by atoms with Crippen LogP contribution in [0.5, 0.6) is 0 Å². The maximum atomic E-state index is 13.6. The number of hydrogen-bond acceptors (Lipinski definition) is 6. The van der Waals surface area contributed by atoms with Crippen molar-refractivity contribution in [3.8, 4) is 0 Å². The van der Waals surface area contributed by atoms with Crippen molar-refractivity contribution in [2.75, 3.05) is 40.3 Å². The Balaban J connectivity index is 1.94. The summed E-state index contributed by atoms with van der Waals surface area (Å²) < 4.78 is 11.3. The highest BCUT2D eigenvalue weighted by Gasteiger charge is 2.60. The van der Waals surface area contributed by atoms with Crippen LogP contribution in [-0.4, -0.2) is 78.9 Å². The molecule has 3 rings (SSSR count). The Morgan fingerprint density at radius 3 is 2.31 bits per heavy atom. The number of nitrogens with zero attached hydrogens (tertiary/aromatic N) is 2. The van der Waals surface area contributed by atoms with Crippen LogP contribution in [0.25, 0.3) is 0 Å². The average Bonchev–Trinajstić information content (AvgIpc) is 3.05. The van der Waals surface area contributed by atoms with Gasteiger partial charge in [-0.05, 0) is 31.6 Å². The van der Waals surface area contributed by atoms with Crippen molar-refractivity contribution in [2.24, 2.45) is 0 Å². The minimum atomic E-state index is -2.04. The number of amides is 1. The second-order valence-corrected chi connectivity index (χ2v) is 7.96. The Morgan fingerprint density at radius 1 is 1.09 bits per heavy atom. The highest BCUT2D eigenvalue weighted by Crippen LogP contribution is 2.41. The van der Waals surface area contributed by atoms with Crippen LogP contribution in [0, 0.1) is 0 Å². The molecule has 8 heteroatoms. The van der Waals surface area contributed by atoms with Crippen LogP contribution in [0.15, 0.2) is 60.7 Å². The normalized spacial score (nSPS) is 20.5. The molecule has 8 nitrogen and oxygen atoms in total. The average molecular weight is 440 g/mol. The fourth-order valence-electron chi connectivity index (χ4n) is 3.77. The molecule has 0 spiro atoms. The molecular formula is C24H28N2O6. The lowest BCUT2D eigenvalue weighted by molar-refractivity contribution is -0.232. The van der Waals surface area contributed by atoms with E-state index < -0.39 is 29.6 Å². The Kier molecular flexibility index (Phi) is 7.61. The molecule has 1 aliphatic heterocycles. The van der Waals surface area contributed by atoms with Gasteiger partial charge >= 0.3 is 17.7 Å². The van der Waals surface area contributed by atoms with Crippen molar-refractivity contribution < 1.29 is 29.0 Å². The largest absolute Gasteiger partial charge is 0.473 e. The number of carbonyl (C=O) groups is 3. The van der Waals surface area contributed by atoms with Crippen molar-refractivity contribution in [2.45, 2.75) is 18.1 Å². The number of rotatable bonds is 9. The number of carbonyl (C=O) groups excluding carboxylic acids is 2. The van der Waals surface area contributed by atoms with Crippen LogP contribution in [0.4, 0.5) is 0 Å². The predicted octanol–water partition coefficient (Wildman–Crippen LogP) is 1.76. The van der Waals surface area contributed by atoms with E-state index in [1.807, 2.05) is 79.7 Å². The smallest absolute Gasteiger partial charge is 0.420 e. The third kappa shape index (κ3) is 5.33. The zero-order chi connectivity index (χ0) is 23.1. The Morgan fingerprint density at radius 2 is 1.72 bits per heavy atom. The van der Waals surface area contributed by atoms with Crippen LogP contribution in [0.3, 0.4) is 0 Å². The third-order valence-electron chi connectivity index (χ3n) is 5.44. The molecule has 1 N–H and O–H groups in total. The standard InChI is InChI=1S/C24H28N2O6/c1-25(2)15-16-31-24(32-22(29)21(27)28)20(19-11-7-4-8-12-19)17-26(23(24)30)14-13-18-9-5-3-6-10-18/h3-12,20H,13-17H2,1-2H3,(H,27,28). The van der Waals surface area contributed by atoms with Gasteiger partial charge in [-0.25, -0.2) is 9.59 Å². The molecule has 170 valence electrons. The first-order valence-corrected chi connectivity index (χ1v) is 10.5. The van der Waals surface area contributed by atoms with Crippen LogP contribution < -0.4 is 0 Å². The Labute approximate surface area is 187 Å². The quantitative estimate of drug-likeness (QED) is 0.361.